The molecule has 0 radical (unpaired) electrons. The van der Waals surface area contributed by atoms with Gasteiger partial charge in [-0.15, -0.1) is 0 Å². The molecule has 0 amide bonds. The Hall–Kier alpha value is -1.19. The Morgan fingerprint density at radius 1 is 1.16 bits per heavy atom. The molecule has 1 nitrogen and oxygen atoms in total. The summed E-state index contributed by atoms with van der Waals surface area (Å²) >= 11 is 3.44. The second-order valence-electron chi connectivity index (χ2n) is 4.50. The fourth-order valence-electron chi connectivity index (χ4n) is 2.15. The lowest BCUT2D eigenvalue weighted by molar-refractivity contribution is 0.546. The van der Waals surface area contributed by atoms with E-state index in [4.69, 9.17) is 0 Å². The average Bonchev–Trinajstić information content (AvgIpc) is 2.39. The van der Waals surface area contributed by atoms with Crippen LogP contribution in [0.1, 0.15) is 24.1 Å². The number of benzene rings is 2. The van der Waals surface area contributed by atoms with Gasteiger partial charge in [0.25, 0.3) is 0 Å². The molecule has 19 heavy (non-hydrogen) atoms. The third kappa shape index (κ3) is 4.15. The third-order valence-electron chi connectivity index (χ3n) is 3.05. The zero-order valence-corrected chi connectivity index (χ0v) is 12.5. The molecule has 1 unspecified atom stereocenters. The Bertz CT molecular complexity index is 525. The Kier molecular flexibility index (Phi) is 5.11. The first-order chi connectivity index (χ1) is 9.19. The molecule has 2 rings (SSSR count). The van der Waals surface area contributed by atoms with E-state index in [-0.39, 0.29) is 11.9 Å². The van der Waals surface area contributed by atoms with Gasteiger partial charge in [-0.25, -0.2) is 4.39 Å². The summed E-state index contributed by atoms with van der Waals surface area (Å²) in [6.07, 6.45) is 0.785. The van der Waals surface area contributed by atoms with Crippen molar-refractivity contribution >= 4 is 15.9 Å². The van der Waals surface area contributed by atoms with Gasteiger partial charge in [-0.2, -0.15) is 0 Å². The fourth-order valence-corrected chi connectivity index (χ4v) is 2.41. The lowest BCUT2D eigenvalue weighted by atomic mass is 9.99. The van der Waals surface area contributed by atoms with E-state index < -0.39 is 0 Å². The molecule has 1 atom stereocenters. The van der Waals surface area contributed by atoms with Crippen molar-refractivity contribution in [2.45, 2.75) is 19.4 Å². The summed E-state index contributed by atoms with van der Waals surface area (Å²) in [6, 6.07) is 15.3. The molecule has 0 saturated heterocycles. The molecular formula is C16H17BrFN. The number of hydrogen-bond acceptors (Lipinski definition) is 1. The summed E-state index contributed by atoms with van der Waals surface area (Å²) < 4.78 is 14.3. The highest BCUT2D eigenvalue weighted by molar-refractivity contribution is 9.10. The second kappa shape index (κ2) is 6.83. The van der Waals surface area contributed by atoms with E-state index in [0.29, 0.717) is 0 Å². The predicted octanol–water partition coefficient (Wildman–Crippen LogP) is 4.48. The van der Waals surface area contributed by atoms with Crippen molar-refractivity contribution in [1.29, 1.82) is 0 Å². The van der Waals surface area contributed by atoms with Gasteiger partial charge in [0, 0.05) is 10.5 Å². The normalized spacial score (nSPS) is 12.4. The van der Waals surface area contributed by atoms with Crippen LogP contribution in [0.25, 0.3) is 0 Å². The van der Waals surface area contributed by atoms with Crippen LogP contribution in [0.15, 0.2) is 53.0 Å². The molecule has 2 aromatic rings. The molecule has 2 aromatic carbocycles. The van der Waals surface area contributed by atoms with Crippen molar-refractivity contribution in [3.05, 3.63) is 69.9 Å². The topological polar surface area (TPSA) is 12.0 Å². The van der Waals surface area contributed by atoms with Crippen LogP contribution in [0.2, 0.25) is 0 Å². The first-order valence-electron chi connectivity index (χ1n) is 6.42. The van der Waals surface area contributed by atoms with E-state index in [1.165, 1.54) is 11.6 Å². The minimum atomic E-state index is -0.177. The molecule has 0 aliphatic heterocycles. The highest BCUT2D eigenvalue weighted by atomic mass is 79.9. The summed E-state index contributed by atoms with van der Waals surface area (Å²) in [5, 5.41) is 3.45. The summed E-state index contributed by atoms with van der Waals surface area (Å²) in [7, 11) is 0. The van der Waals surface area contributed by atoms with Crippen LogP contribution < -0.4 is 5.32 Å². The zero-order valence-electron chi connectivity index (χ0n) is 10.9. The third-order valence-corrected chi connectivity index (χ3v) is 3.58. The van der Waals surface area contributed by atoms with E-state index in [9.17, 15) is 4.39 Å². The quantitative estimate of drug-likeness (QED) is 0.856. The van der Waals surface area contributed by atoms with E-state index in [2.05, 4.69) is 40.3 Å². The van der Waals surface area contributed by atoms with Gasteiger partial charge in [0.1, 0.15) is 5.82 Å². The van der Waals surface area contributed by atoms with Gasteiger partial charge < -0.3 is 5.32 Å². The molecule has 0 aromatic heterocycles. The monoisotopic (exact) mass is 321 g/mol. The Balaban J connectivity index is 2.18. The zero-order chi connectivity index (χ0) is 13.7. The average molecular weight is 322 g/mol. The van der Waals surface area contributed by atoms with Gasteiger partial charge >= 0.3 is 0 Å². The van der Waals surface area contributed by atoms with Crippen LogP contribution in [0.3, 0.4) is 0 Å². The van der Waals surface area contributed by atoms with Crippen molar-refractivity contribution in [2.24, 2.45) is 0 Å². The molecule has 100 valence electrons. The van der Waals surface area contributed by atoms with Crippen molar-refractivity contribution in [2.75, 3.05) is 6.54 Å². The standard InChI is InChI=1S/C16H17BrFN/c1-2-19-16(13-6-8-14(17)9-7-13)11-12-4-3-5-15(18)10-12/h3-10,16,19H,2,11H2,1H3. The number of nitrogens with one attached hydrogen (secondary N) is 1. The van der Waals surface area contributed by atoms with Crippen LogP contribution >= 0.6 is 15.9 Å². The first kappa shape index (κ1) is 14.2. The minimum Gasteiger partial charge on any atom is -0.310 e. The SMILES string of the molecule is CCNC(Cc1cccc(F)c1)c1ccc(Br)cc1. The highest BCUT2D eigenvalue weighted by Crippen LogP contribution is 2.21. The number of halogens is 2. The molecule has 1 N–H and O–H groups in total. The maximum absolute atomic E-state index is 13.2. The Morgan fingerprint density at radius 3 is 2.53 bits per heavy atom. The lowest BCUT2D eigenvalue weighted by Crippen LogP contribution is -2.22. The molecule has 0 spiro atoms. The molecule has 0 fully saturated rings. The predicted molar refractivity (Wildman–Crippen MR) is 80.7 cm³/mol. The summed E-state index contributed by atoms with van der Waals surface area (Å²) in [6.45, 7) is 2.97. The molecule has 0 saturated carbocycles. The van der Waals surface area contributed by atoms with Gasteiger partial charge in [0.2, 0.25) is 0 Å². The van der Waals surface area contributed by atoms with Crippen LogP contribution in [0.4, 0.5) is 4.39 Å². The van der Waals surface area contributed by atoms with E-state index in [1.807, 2.05) is 18.2 Å². The molecular weight excluding hydrogens is 305 g/mol. The molecule has 0 heterocycles. The van der Waals surface area contributed by atoms with Gasteiger partial charge in [-0.05, 0) is 48.4 Å². The Morgan fingerprint density at radius 2 is 1.89 bits per heavy atom. The minimum absolute atomic E-state index is 0.177. The Labute approximate surface area is 122 Å². The first-order valence-corrected chi connectivity index (χ1v) is 7.21. The van der Waals surface area contributed by atoms with Crippen molar-refractivity contribution in [3.8, 4) is 0 Å². The van der Waals surface area contributed by atoms with Gasteiger partial charge in [-0.3, -0.25) is 0 Å². The number of likely N-dealkylation sites (N-methyl/N-ethyl adjacent to an activating group) is 1. The summed E-state index contributed by atoms with van der Waals surface area (Å²) in [5.74, 6) is -0.177. The molecule has 0 bridgehead atoms. The molecule has 0 aliphatic rings. The summed E-state index contributed by atoms with van der Waals surface area (Å²) in [5.41, 5.74) is 2.23. The van der Waals surface area contributed by atoms with Crippen LogP contribution in [0.5, 0.6) is 0 Å². The smallest absolute Gasteiger partial charge is 0.123 e. The van der Waals surface area contributed by atoms with Gasteiger partial charge in [0.15, 0.2) is 0 Å². The fraction of sp³-hybridized carbons (Fsp3) is 0.250. The summed E-state index contributed by atoms with van der Waals surface area (Å²) in [4.78, 5) is 0. The van der Waals surface area contributed by atoms with E-state index in [1.54, 1.807) is 12.1 Å². The maximum atomic E-state index is 13.2. The molecule has 3 heteroatoms. The largest absolute Gasteiger partial charge is 0.310 e. The van der Waals surface area contributed by atoms with Crippen LogP contribution in [0, 0.1) is 5.82 Å². The van der Waals surface area contributed by atoms with Crippen LogP contribution in [-0.4, -0.2) is 6.54 Å². The van der Waals surface area contributed by atoms with Gasteiger partial charge in [-0.1, -0.05) is 47.1 Å². The van der Waals surface area contributed by atoms with Crippen molar-refractivity contribution in [1.82, 2.24) is 5.32 Å². The van der Waals surface area contributed by atoms with E-state index >= 15 is 0 Å². The van der Waals surface area contributed by atoms with Crippen molar-refractivity contribution < 1.29 is 4.39 Å². The number of hydrogen-bond donors (Lipinski definition) is 1. The van der Waals surface area contributed by atoms with Crippen LogP contribution in [-0.2, 0) is 6.42 Å². The second-order valence-corrected chi connectivity index (χ2v) is 5.41. The van der Waals surface area contributed by atoms with E-state index in [0.717, 1.165) is 23.0 Å². The molecule has 0 aliphatic carbocycles. The highest BCUT2D eigenvalue weighted by Gasteiger charge is 2.11. The number of rotatable bonds is 5. The lowest BCUT2D eigenvalue weighted by Gasteiger charge is -2.18. The van der Waals surface area contributed by atoms with Crippen molar-refractivity contribution in [3.63, 3.8) is 0 Å². The maximum Gasteiger partial charge on any atom is 0.123 e. The van der Waals surface area contributed by atoms with Gasteiger partial charge in [0.05, 0.1) is 0 Å².